The van der Waals surface area contributed by atoms with E-state index in [1.54, 1.807) is 6.92 Å². The van der Waals surface area contributed by atoms with Crippen LogP contribution in [-0.4, -0.2) is 46.9 Å². The lowest BCUT2D eigenvalue weighted by Gasteiger charge is -2.32. The quantitative estimate of drug-likeness (QED) is 0.775. The maximum atomic E-state index is 12.3. The average molecular weight is 321 g/mol. The van der Waals surface area contributed by atoms with E-state index in [2.05, 4.69) is 10.2 Å². The van der Waals surface area contributed by atoms with Gasteiger partial charge < -0.3 is 9.15 Å². The van der Waals surface area contributed by atoms with E-state index in [-0.39, 0.29) is 31.1 Å². The van der Waals surface area contributed by atoms with E-state index in [1.807, 2.05) is 4.90 Å². The number of hydrogen-bond acceptors (Lipinski definition) is 6. The minimum Gasteiger partial charge on any atom is -0.465 e. The van der Waals surface area contributed by atoms with Crippen LogP contribution in [0, 0.1) is 0 Å². The van der Waals surface area contributed by atoms with Crippen LogP contribution in [-0.2, 0) is 16.0 Å². The van der Waals surface area contributed by atoms with Crippen molar-refractivity contribution in [1.29, 1.82) is 0 Å². The largest absolute Gasteiger partial charge is 0.465 e. The number of hydrogen-bond donors (Lipinski definition) is 0. The molecule has 0 radical (unpaired) electrons. The van der Waals surface area contributed by atoms with Crippen molar-refractivity contribution in [2.45, 2.75) is 44.8 Å². The van der Waals surface area contributed by atoms with Gasteiger partial charge in [0.1, 0.15) is 6.42 Å². The average Bonchev–Trinajstić information content (AvgIpc) is 2.85. The van der Waals surface area contributed by atoms with E-state index in [9.17, 15) is 18.0 Å². The summed E-state index contributed by atoms with van der Waals surface area (Å²) < 4.78 is 47.0. The molecular weight excluding hydrogens is 303 g/mol. The monoisotopic (exact) mass is 321 g/mol. The molecule has 1 aliphatic rings. The molecule has 0 aliphatic carbocycles. The maximum Gasteiger partial charge on any atom is 0.397 e. The topological polar surface area (TPSA) is 68.5 Å². The fourth-order valence-electron chi connectivity index (χ4n) is 2.48. The Morgan fingerprint density at radius 3 is 2.86 bits per heavy atom. The van der Waals surface area contributed by atoms with Crippen LogP contribution in [0.25, 0.3) is 0 Å². The van der Waals surface area contributed by atoms with Crippen molar-refractivity contribution in [2.75, 3.05) is 19.7 Å². The molecule has 1 aliphatic heterocycles. The normalized spacial score (nSPS) is 20.1. The number of carbonyl (C=O) groups is 1. The maximum absolute atomic E-state index is 12.3. The number of alkyl halides is 3. The Morgan fingerprint density at radius 1 is 1.41 bits per heavy atom. The van der Waals surface area contributed by atoms with Gasteiger partial charge >= 0.3 is 12.1 Å². The molecule has 0 aromatic carbocycles. The first-order chi connectivity index (χ1) is 10.4. The van der Waals surface area contributed by atoms with Crippen LogP contribution in [0.5, 0.6) is 0 Å². The van der Waals surface area contributed by atoms with Crippen molar-refractivity contribution >= 4 is 5.97 Å². The number of carbonyl (C=O) groups excluding carboxylic acids is 1. The second-order valence-electron chi connectivity index (χ2n) is 5.11. The highest BCUT2D eigenvalue weighted by atomic mass is 19.4. The number of nitrogens with zero attached hydrogens (tertiary/aromatic N) is 3. The van der Waals surface area contributed by atoms with Crippen molar-refractivity contribution in [3.63, 3.8) is 0 Å². The van der Waals surface area contributed by atoms with Gasteiger partial charge in [-0.1, -0.05) is 6.42 Å². The van der Waals surface area contributed by atoms with E-state index in [4.69, 9.17) is 9.15 Å². The number of esters is 1. The van der Waals surface area contributed by atoms with Gasteiger partial charge in [-0.25, -0.2) is 0 Å². The molecule has 2 rings (SSSR count). The van der Waals surface area contributed by atoms with Crippen molar-refractivity contribution in [2.24, 2.45) is 0 Å². The molecule has 9 heteroatoms. The van der Waals surface area contributed by atoms with Crippen LogP contribution in [0.1, 0.15) is 44.0 Å². The van der Waals surface area contributed by atoms with E-state index in [0.29, 0.717) is 13.0 Å². The molecule has 0 N–H and O–H groups in total. The van der Waals surface area contributed by atoms with Crippen molar-refractivity contribution in [3.05, 3.63) is 11.8 Å². The summed E-state index contributed by atoms with van der Waals surface area (Å²) in [4.78, 5) is 13.4. The highest BCUT2D eigenvalue weighted by Crippen LogP contribution is 2.30. The van der Waals surface area contributed by atoms with Gasteiger partial charge in [-0.3, -0.25) is 9.69 Å². The van der Waals surface area contributed by atoms with Gasteiger partial charge in [0, 0.05) is 0 Å². The van der Waals surface area contributed by atoms with Crippen LogP contribution in [0.2, 0.25) is 0 Å². The second-order valence-corrected chi connectivity index (χ2v) is 5.11. The SMILES string of the molecule is CCOC(=O)CN1CCCCC1c1nnc(CC(F)(F)F)o1. The first-order valence-electron chi connectivity index (χ1n) is 7.17. The van der Waals surface area contributed by atoms with Crippen molar-refractivity contribution < 1.29 is 27.1 Å². The van der Waals surface area contributed by atoms with Gasteiger partial charge in [0.25, 0.3) is 0 Å². The summed E-state index contributed by atoms with van der Waals surface area (Å²) in [6.07, 6.45) is -3.18. The molecule has 1 saturated heterocycles. The van der Waals surface area contributed by atoms with E-state index < -0.39 is 18.5 Å². The Hall–Kier alpha value is -1.64. The van der Waals surface area contributed by atoms with Crippen LogP contribution in [0.3, 0.4) is 0 Å². The van der Waals surface area contributed by atoms with E-state index in [0.717, 1.165) is 12.8 Å². The number of rotatable bonds is 5. The van der Waals surface area contributed by atoms with Crippen LogP contribution in [0.15, 0.2) is 4.42 Å². The molecule has 2 heterocycles. The van der Waals surface area contributed by atoms with Crippen molar-refractivity contribution in [1.82, 2.24) is 15.1 Å². The van der Waals surface area contributed by atoms with Gasteiger partial charge in [-0.15, -0.1) is 10.2 Å². The number of aromatic nitrogens is 2. The molecule has 1 unspecified atom stereocenters. The third-order valence-electron chi connectivity index (χ3n) is 3.37. The number of ether oxygens (including phenoxy) is 1. The number of piperidine rings is 1. The Morgan fingerprint density at radius 2 is 2.18 bits per heavy atom. The lowest BCUT2D eigenvalue weighted by atomic mass is 10.0. The molecule has 0 spiro atoms. The van der Waals surface area contributed by atoms with Crippen LogP contribution in [0.4, 0.5) is 13.2 Å². The smallest absolute Gasteiger partial charge is 0.397 e. The summed E-state index contributed by atoms with van der Waals surface area (Å²) in [6, 6.07) is -0.340. The fraction of sp³-hybridized carbons (Fsp3) is 0.769. The molecule has 0 amide bonds. The second kappa shape index (κ2) is 7.08. The highest BCUT2D eigenvalue weighted by Gasteiger charge is 2.34. The molecule has 124 valence electrons. The molecule has 6 nitrogen and oxygen atoms in total. The van der Waals surface area contributed by atoms with Crippen LogP contribution < -0.4 is 0 Å². The zero-order chi connectivity index (χ0) is 16.2. The van der Waals surface area contributed by atoms with E-state index in [1.165, 1.54) is 0 Å². The van der Waals surface area contributed by atoms with Gasteiger partial charge in [0.05, 0.1) is 19.2 Å². The first kappa shape index (κ1) is 16.7. The highest BCUT2D eigenvalue weighted by molar-refractivity contribution is 5.71. The molecular formula is C13H18F3N3O3. The molecule has 1 aromatic heterocycles. The zero-order valence-electron chi connectivity index (χ0n) is 12.2. The Kier molecular flexibility index (Phi) is 5.38. The summed E-state index contributed by atoms with van der Waals surface area (Å²) in [5.74, 6) is -0.697. The first-order valence-corrected chi connectivity index (χ1v) is 7.17. The Labute approximate surface area is 125 Å². The Bertz CT molecular complexity index is 504. The number of likely N-dealkylation sites (tertiary alicyclic amines) is 1. The third kappa shape index (κ3) is 4.69. The molecule has 1 atom stereocenters. The molecule has 0 bridgehead atoms. The van der Waals surface area contributed by atoms with Crippen LogP contribution >= 0.6 is 0 Å². The van der Waals surface area contributed by atoms with Gasteiger partial charge in [-0.2, -0.15) is 13.2 Å². The molecule has 1 fully saturated rings. The predicted octanol–water partition coefficient (Wildman–Crippen LogP) is 2.26. The minimum atomic E-state index is -4.39. The van der Waals surface area contributed by atoms with Gasteiger partial charge in [-0.05, 0) is 26.3 Å². The Balaban J connectivity index is 2.05. The minimum absolute atomic E-state index is 0.0650. The number of halogens is 3. The molecule has 22 heavy (non-hydrogen) atoms. The summed E-state index contributed by atoms with van der Waals surface area (Å²) in [5, 5.41) is 7.16. The summed E-state index contributed by atoms with van der Waals surface area (Å²) in [7, 11) is 0. The lowest BCUT2D eigenvalue weighted by Crippen LogP contribution is -2.38. The molecule has 1 aromatic rings. The summed E-state index contributed by atoms with van der Waals surface area (Å²) >= 11 is 0. The lowest BCUT2D eigenvalue weighted by molar-refractivity contribution is -0.145. The van der Waals surface area contributed by atoms with E-state index >= 15 is 0 Å². The van der Waals surface area contributed by atoms with Gasteiger partial charge in [0.15, 0.2) is 0 Å². The summed E-state index contributed by atoms with van der Waals surface area (Å²) in [6.45, 7) is 2.70. The van der Waals surface area contributed by atoms with Crippen molar-refractivity contribution in [3.8, 4) is 0 Å². The van der Waals surface area contributed by atoms with Gasteiger partial charge in [0.2, 0.25) is 11.8 Å². The molecule has 0 saturated carbocycles. The third-order valence-corrected chi connectivity index (χ3v) is 3.37. The fourth-order valence-corrected chi connectivity index (χ4v) is 2.48. The summed E-state index contributed by atoms with van der Waals surface area (Å²) in [5.41, 5.74) is 0. The standard InChI is InChI=1S/C13H18F3N3O3/c1-2-21-11(20)8-19-6-4-3-5-9(19)12-18-17-10(22-12)7-13(14,15)16/h9H,2-8H2,1H3. The predicted molar refractivity (Wildman–Crippen MR) is 68.9 cm³/mol. The zero-order valence-corrected chi connectivity index (χ0v) is 12.2.